The molecule has 60 valence electrons. The molecular formula is C6H4BrK2O3P. The minimum atomic E-state index is -4.56. The van der Waals surface area contributed by atoms with Crippen molar-refractivity contribution in [2.75, 3.05) is 0 Å². The molecule has 0 aromatic heterocycles. The fourth-order valence-corrected chi connectivity index (χ4v) is 1.40. The SMILES string of the molecule is [K+].[K+].[O-][P+]([O-])([O-])c1ccc(Br)cc1. The van der Waals surface area contributed by atoms with E-state index in [-0.39, 0.29) is 108 Å². The van der Waals surface area contributed by atoms with Crippen LogP contribution < -0.4 is 123 Å². The van der Waals surface area contributed by atoms with Gasteiger partial charge in [0, 0.05) is 4.47 Å². The summed E-state index contributed by atoms with van der Waals surface area (Å²) in [5, 5.41) is -0.180. The van der Waals surface area contributed by atoms with Gasteiger partial charge in [-0.05, 0) is 24.3 Å². The Balaban J connectivity index is 0. The molecule has 0 bridgehead atoms. The molecule has 1 rings (SSSR count). The summed E-state index contributed by atoms with van der Waals surface area (Å²) in [6, 6.07) is 5.56. The summed E-state index contributed by atoms with van der Waals surface area (Å²) >= 11 is 3.12. The second-order valence-corrected chi connectivity index (χ2v) is 4.40. The van der Waals surface area contributed by atoms with Crippen molar-refractivity contribution in [1.82, 2.24) is 0 Å². The van der Waals surface area contributed by atoms with Gasteiger partial charge in [0.25, 0.3) is 0 Å². The van der Waals surface area contributed by atoms with Crippen LogP contribution in [0.4, 0.5) is 0 Å². The van der Waals surface area contributed by atoms with Gasteiger partial charge in [-0.1, -0.05) is 15.9 Å². The molecule has 3 nitrogen and oxygen atoms in total. The van der Waals surface area contributed by atoms with Crippen LogP contribution in [0.5, 0.6) is 0 Å². The number of rotatable bonds is 1. The summed E-state index contributed by atoms with van der Waals surface area (Å²) in [4.78, 5) is 31.2. The van der Waals surface area contributed by atoms with E-state index in [1.54, 1.807) is 0 Å². The van der Waals surface area contributed by atoms with Crippen LogP contribution in [0, 0.1) is 0 Å². The fourth-order valence-electron chi connectivity index (χ4n) is 0.624. The normalized spacial score (nSPS) is 9.85. The van der Waals surface area contributed by atoms with Crippen LogP contribution in [0.25, 0.3) is 0 Å². The molecule has 0 spiro atoms. The zero-order chi connectivity index (χ0) is 8.48. The van der Waals surface area contributed by atoms with E-state index in [4.69, 9.17) is 0 Å². The van der Waals surface area contributed by atoms with Gasteiger partial charge in [0.05, 0.1) is 5.30 Å². The molecule has 0 saturated carbocycles. The average molecular weight is 313 g/mol. The Morgan fingerprint density at radius 1 is 0.923 bits per heavy atom. The van der Waals surface area contributed by atoms with Crippen molar-refractivity contribution in [3.8, 4) is 0 Å². The Labute approximate surface area is 171 Å². The number of halogens is 1. The van der Waals surface area contributed by atoms with Crippen molar-refractivity contribution < 1.29 is 117 Å². The zero-order valence-corrected chi connectivity index (χ0v) is 16.1. The van der Waals surface area contributed by atoms with Gasteiger partial charge in [0.15, 0.2) is 0 Å². The van der Waals surface area contributed by atoms with Gasteiger partial charge in [0.1, 0.15) is 0 Å². The topological polar surface area (TPSA) is 69.2 Å². The second-order valence-electron chi connectivity index (χ2n) is 1.97. The molecule has 1 aromatic rings. The quantitative estimate of drug-likeness (QED) is 0.382. The van der Waals surface area contributed by atoms with Crippen molar-refractivity contribution in [1.29, 1.82) is 0 Å². The van der Waals surface area contributed by atoms with Crippen LogP contribution in [0.1, 0.15) is 0 Å². The van der Waals surface area contributed by atoms with Crippen LogP contribution >= 0.6 is 23.9 Å². The summed E-state index contributed by atoms with van der Waals surface area (Å²) in [6.45, 7) is 0. The largest absolute Gasteiger partial charge is 1.00 e. The number of benzene rings is 1. The Morgan fingerprint density at radius 2 is 1.31 bits per heavy atom. The van der Waals surface area contributed by atoms with Gasteiger partial charge in [-0.2, -0.15) is 0 Å². The molecule has 0 aliphatic carbocycles. The van der Waals surface area contributed by atoms with Gasteiger partial charge in [0.2, 0.25) is 0 Å². The van der Waals surface area contributed by atoms with Crippen molar-refractivity contribution >= 4 is 29.2 Å². The Bertz CT molecular complexity index is 249. The molecule has 0 heterocycles. The molecule has 0 radical (unpaired) electrons. The Kier molecular flexibility index (Phi) is 12.0. The first-order valence-electron chi connectivity index (χ1n) is 2.78. The van der Waals surface area contributed by atoms with Crippen LogP contribution in [0.15, 0.2) is 28.7 Å². The monoisotopic (exact) mass is 312 g/mol. The molecular weight excluding hydrogens is 309 g/mol. The molecule has 0 amide bonds. The van der Waals surface area contributed by atoms with Crippen LogP contribution in [-0.2, 0) is 0 Å². The zero-order valence-electron chi connectivity index (χ0n) is 7.36. The summed E-state index contributed by atoms with van der Waals surface area (Å²) in [5.41, 5.74) is 0. The molecule has 0 fully saturated rings. The Morgan fingerprint density at radius 3 is 1.62 bits per heavy atom. The van der Waals surface area contributed by atoms with Crippen molar-refractivity contribution in [3.05, 3.63) is 28.7 Å². The van der Waals surface area contributed by atoms with Crippen molar-refractivity contribution in [3.63, 3.8) is 0 Å². The van der Waals surface area contributed by atoms with E-state index < -0.39 is 7.94 Å². The molecule has 0 N–H and O–H groups in total. The molecule has 1 aromatic carbocycles. The summed E-state index contributed by atoms with van der Waals surface area (Å²) in [6.07, 6.45) is 0. The predicted molar refractivity (Wildman–Crippen MR) is 40.7 cm³/mol. The van der Waals surface area contributed by atoms with E-state index in [0.717, 1.165) is 4.47 Å². The number of hydrogen-bond acceptors (Lipinski definition) is 3. The van der Waals surface area contributed by atoms with Gasteiger partial charge in [-0.25, -0.2) is 0 Å². The molecule has 0 unspecified atom stereocenters. The van der Waals surface area contributed by atoms with Crippen LogP contribution in [-0.4, -0.2) is 0 Å². The first-order valence-corrected chi connectivity index (χ1v) is 5.12. The van der Waals surface area contributed by atoms with E-state index in [9.17, 15) is 14.7 Å². The average Bonchev–Trinajstić information content (AvgIpc) is 1.86. The maximum absolute atomic E-state index is 10.4. The molecule has 7 heteroatoms. The van der Waals surface area contributed by atoms with E-state index in [1.807, 2.05) is 0 Å². The van der Waals surface area contributed by atoms with Crippen LogP contribution in [0.2, 0.25) is 0 Å². The minimum absolute atomic E-state index is 0. The second kappa shape index (κ2) is 8.38. The van der Waals surface area contributed by atoms with Gasteiger partial charge in [-0.15, -0.1) is 7.94 Å². The van der Waals surface area contributed by atoms with Crippen molar-refractivity contribution in [2.24, 2.45) is 0 Å². The third kappa shape index (κ3) is 7.25. The third-order valence-corrected chi connectivity index (χ3v) is 2.60. The molecule has 0 saturated heterocycles. The summed E-state index contributed by atoms with van der Waals surface area (Å²) < 4.78 is 0.745. The minimum Gasteiger partial charge on any atom is -0.684 e. The summed E-state index contributed by atoms with van der Waals surface area (Å²) in [5.74, 6) is 0. The standard InChI is InChI=1S/C6H6BrO3P.2K/c7-5-1-3-6(4-2-5)11(8,9)10;;/h1-4H,(H2,8,9,10);;/q;2*+1/p-2. The van der Waals surface area contributed by atoms with E-state index in [2.05, 4.69) is 15.9 Å². The van der Waals surface area contributed by atoms with Gasteiger partial charge in [-0.3, -0.25) is 0 Å². The number of hydrogen-bond donors (Lipinski definition) is 0. The van der Waals surface area contributed by atoms with Crippen molar-refractivity contribution in [2.45, 2.75) is 0 Å². The Hall–Kier alpha value is 3.28. The van der Waals surface area contributed by atoms with E-state index >= 15 is 0 Å². The molecule has 0 aliphatic heterocycles. The fraction of sp³-hybridized carbons (Fsp3) is 0. The molecule has 0 atom stereocenters. The van der Waals surface area contributed by atoms with E-state index in [0.29, 0.717) is 0 Å². The summed E-state index contributed by atoms with van der Waals surface area (Å²) in [7, 11) is -4.56. The smallest absolute Gasteiger partial charge is 0.684 e. The van der Waals surface area contributed by atoms with Gasteiger partial charge >= 0.3 is 103 Å². The first kappa shape index (κ1) is 18.6. The molecule has 13 heavy (non-hydrogen) atoms. The van der Waals surface area contributed by atoms with Crippen LogP contribution in [0.3, 0.4) is 0 Å². The maximum atomic E-state index is 10.4. The molecule has 0 aliphatic rings. The third-order valence-electron chi connectivity index (χ3n) is 1.14. The maximum Gasteiger partial charge on any atom is 1.00 e. The van der Waals surface area contributed by atoms with E-state index in [1.165, 1.54) is 24.3 Å². The first-order chi connectivity index (χ1) is 5.00. The van der Waals surface area contributed by atoms with Gasteiger partial charge < -0.3 is 14.7 Å². The predicted octanol–water partition coefficient (Wildman–Crippen LogP) is -7.07.